The van der Waals surface area contributed by atoms with Crippen molar-refractivity contribution in [2.45, 2.75) is 255 Å². The molecule has 14 heteroatoms. The van der Waals surface area contributed by atoms with Crippen molar-refractivity contribution in [3.63, 3.8) is 0 Å². The van der Waals surface area contributed by atoms with Crippen molar-refractivity contribution in [2.75, 3.05) is 0 Å². The van der Waals surface area contributed by atoms with E-state index in [0.29, 0.717) is 29.9 Å². The van der Waals surface area contributed by atoms with Crippen molar-refractivity contribution in [2.24, 2.45) is 0 Å². The zero-order valence-corrected chi connectivity index (χ0v) is 90.4. The van der Waals surface area contributed by atoms with Crippen LogP contribution in [0.3, 0.4) is 0 Å². The third kappa shape index (κ3) is 32.0. The predicted octanol–water partition coefficient (Wildman–Crippen LogP) is 32.3. The first-order chi connectivity index (χ1) is 69.8. The molecule has 15 aromatic carbocycles. The van der Waals surface area contributed by atoms with Gasteiger partial charge in [-0.1, -0.05) is 393 Å². The molecule has 2 aliphatic heterocycles. The van der Waals surface area contributed by atoms with Crippen molar-refractivity contribution in [3.05, 3.63) is 497 Å². The van der Waals surface area contributed by atoms with Gasteiger partial charge in [0.05, 0.1) is 0 Å². The molecule has 0 fully saturated rings. The van der Waals surface area contributed by atoms with Gasteiger partial charge in [-0.2, -0.15) is 0 Å². The average molecular weight is 1980 g/mol. The summed E-state index contributed by atoms with van der Waals surface area (Å²) in [7, 11) is 0. The number of hydrogen-bond acceptors (Lipinski definition) is 10. The minimum atomic E-state index is -1.23. The van der Waals surface area contributed by atoms with Crippen molar-refractivity contribution in [1.82, 2.24) is 0 Å². The van der Waals surface area contributed by atoms with E-state index in [4.69, 9.17) is 19.7 Å². The van der Waals surface area contributed by atoms with Crippen molar-refractivity contribution in [3.8, 4) is 34.5 Å². The van der Waals surface area contributed by atoms with Gasteiger partial charge in [0.1, 0.15) is 57.0 Å². The topological polar surface area (TPSA) is 249 Å². The number of aromatic hydroxyl groups is 4. The first-order valence-electron chi connectivity index (χ1n) is 51.0. The molecule has 147 heavy (non-hydrogen) atoms. The van der Waals surface area contributed by atoms with Crippen LogP contribution in [0.2, 0.25) is 0 Å². The van der Waals surface area contributed by atoms with Gasteiger partial charge in [-0.25, -0.2) is 0 Å². The Kier molecular flexibility index (Phi) is 43.7. The number of carbonyl (C=O) groups is 4. The lowest BCUT2D eigenvalue weighted by atomic mass is 9.68. The van der Waals surface area contributed by atoms with Crippen LogP contribution in [0.25, 0.3) is 0 Å². The minimum Gasteiger partial charge on any atom is -0.508 e. The standard InChI is InChI=1S/C21H26O.C18H20O.C17H18O4.C17H18O2.C15H14O4.C15H14O2.C11H16.C9H12.C8H10.C2H6/c1-13-8-9-17(16(4)10-13)21(7)20(5,6)18-11-14(2)15(3)12-19(18)22-21;1-12-5-8-16(14(3)10-12)17-9-7-15-6-4-13(2)11-18(15)19-17;1-17(11-10-16(20)21,12-2-6-14(18)7-3-12)13-4-8-15(19)9-5-13;1-17(13-12-16(18)19,14-8-4-2-5-9-14)15-10-6-3-7-11-15;1-15(14(18)19,10-2-6-12(16)7-3-10)11-4-8-13(17)9-5-11;1-15(14(16)17,12-8-4-2-5-9-12)13-10-6-3-7-11-13;1-4-10(3)11-7-5-9(2)6-8-11;1-3-9-6-4-5-8(2)7-9;1-7-3-5-8(2)6-4-7;1-2/h8-12H,1-7H3;4-6,8,10-11,17H,7,9H2,1-3H3;2-9,18-19H,10-11H2,1H3,(H,20,21);2-11H,12-13H2,1H3,(H,18,19);2-9,16-17H,1H3,(H,18,19);2-11H,1H3,(H,16,17);5-8,10H,4H2,1-3H3;4-7H,3H2,1-2H3;3-6H,1-2H3;1-2H3. The second-order valence-electron chi connectivity index (χ2n) is 39.8. The summed E-state index contributed by atoms with van der Waals surface area (Å²) in [5.74, 6) is -0.113. The average Bonchev–Trinajstić information content (AvgIpc) is 1.56. The number of phenols is 4. The molecule has 2 aliphatic rings. The Morgan fingerprint density at radius 1 is 0.347 bits per heavy atom. The number of aryl methyl sites for hydroxylation is 13. The molecule has 14 nitrogen and oxygen atoms in total. The molecule has 0 radical (unpaired) electrons. The summed E-state index contributed by atoms with van der Waals surface area (Å²) in [4.78, 5) is 45.1. The van der Waals surface area contributed by atoms with E-state index in [1.165, 1.54) is 125 Å². The van der Waals surface area contributed by atoms with Gasteiger partial charge in [0.15, 0.2) is 0 Å². The smallest absolute Gasteiger partial charge is 0.318 e. The van der Waals surface area contributed by atoms with Crippen LogP contribution in [0.1, 0.15) is 273 Å². The molecule has 770 valence electrons. The molecule has 0 saturated carbocycles. The van der Waals surface area contributed by atoms with Gasteiger partial charge < -0.3 is 50.3 Å². The van der Waals surface area contributed by atoms with Crippen molar-refractivity contribution < 1.29 is 69.5 Å². The van der Waals surface area contributed by atoms with Gasteiger partial charge >= 0.3 is 23.9 Å². The third-order valence-electron chi connectivity index (χ3n) is 28.5. The summed E-state index contributed by atoms with van der Waals surface area (Å²) >= 11 is 0. The molecule has 3 unspecified atom stereocenters. The van der Waals surface area contributed by atoms with Crippen LogP contribution in [0, 0.1) is 76.2 Å². The predicted molar refractivity (Wildman–Crippen MR) is 602 cm³/mol. The number of carboxylic acids is 4. The van der Waals surface area contributed by atoms with Gasteiger partial charge in [-0.3, -0.25) is 19.2 Å². The Bertz CT molecular complexity index is 6460. The summed E-state index contributed by atoms with van der Waals surface area (Å²) in [5.41, 5.74) is 26.1. The number of ether oxygens (including phenoxy) is 2. The summed E-state index contributed by atoms with van der Waals surface area (Å²) in [6, 6.07) is 115. The lowest BCUT2D eigenvalue weighted by Gasteiger charge is -2.38. The van der Waals surface area contributed by atoms with Gasteiger partial charge in [0, 0.05) is 34.7 Å². The zero-order chi connectivity index (χ0) is 108. The molecule has 3 atom stereocenters. The number of rotatable bonds is 21. The quantitative estimate of drug-likeness (QED) is 0.0333. The Labute approximate surface area is 874 Å². The van der Waals surface area contributed by atoms with Gasteiger partial charge in [0.25, 0.3) is 0 Å². The van der Waals surface area contributed by atoms with E-state index in [0.717, 1.165) is 64.1 Å². The van der Waals surface area contributed by atoms with E-state index in [-0.39, 0.29) is 58.4 Å². The molecule has 17 rings (SSSR count). The highest BCUT2D eigenvalue weighted by Gasteiger charge is 2.53. The number of carboxylic acid groups (broad SMARTS) is 4. The summed E-state index contributed by atoms with van der Waals surface area (Å²) < 4.78 is 12.8. The molecule has 0 spiro atoms. The Morgan fingerprint density at radius 3 is 1.05 bits per heavy atom. The van der Waals surface area contributed by atoms with E-state index in [2.05, 4.69) is 288 Å². The zero-order valence-electron chi connectivity index (χ0n) is 90.4. The second-order valence-corrected chi connectivity index (χ2v) is 39.8. The first kappa shape index (κ1) is 117. The summed E-state index contributed by atoms with van der Waals surface area (Å²) in [6.45, 7) is 48.4. The summed E-state index contributed by atoms with van der Waals surface area (Å²) in [6.07, 6.45) is 5.97. The first-order valence-corrected chi connectivity index (χ1v) is 51.0. The number of benzene rings is 15. The van der Waals surface area contributed by atoms with Crippen molar-refractivity contribution in [1.29, 1.82) is 0 Å². The number of hydrogen-bond donors (Lipinski definition) is 8. The summed E-state index contributed by atoms with van der Waals surface area (Å²) in [5, 5.41) is 74.5. The van der Waals surface area contributed by atoms with E-state index in [9.17, 15) is 49.8 Å². The monoisotopic (exact) mass is 1980 g/mol. The van der Waals surface area contributed by atoms with E-state index in [1.54, 1.807) is 86.6 Å². The van der Waals surface area contributed by atoms with Gasteiger partial charge in [0.2, 0.25) is 0 Å². The molecule has 0 aliphatic carbocycles. The molecule has 15 aromatic rings. The van der Waals surface area contributed by atoms with Crippen LogP contribution < -0.4 is 9.47 Å². The van der Waals surface area contributed by atoms with Crippen LogP contribution in [0.15, 0.2) is 358 Å². The SMILES string of the molecule is CC.CC(C(=O)O)(c1ccc(O)cc1)c1ccc(O)cc1.CC(C(=O)O)(c1ccccc1)c1ccccc1.CC(CCC(=O)O)(c1ccc(O)cc1)c1ccc(O)cc1.CC(CCC(=O)O)(c1ccccc1)c1ccccc1.CCC(C)c1ccc(C)cc1.CCc1cccc(C)c1.Cc1ccc(C)cc1.Cc1ccc(C2(C)Oc3cc(C)c(C)cc3C2(C)C)c(C)c1.Cc1ccc(C2CCc3ccc(C)cc3O2)c(C)c1. The maximum Gasteiger partial charge on any atom is 0.318 e. The highest BCUT2D eigenvalue weighted by molar-refractivity contribution is 5.86. The molecule has 0 saturated heterocycles. The normalized spacial score (nSPS) is 13.5. The van der Waals surface area contributed by atoms with E-state index in [1.807, 2.05) is 118 Å². The maximum absolute atomic E-state index is 11.7. The fraction of sp³-hybridized carbons (Fsp3) is 0.293. The maximum atomic E-state index is 11.7. The number of phenolic OH excluding ortho intramolecular Hbond substituents is 4. The fourth-order valence-electron chi connectivity index (χ4n) is 18.1. The Balaban J connectivity index is 0.000000204. The lowest BCUT2D eigenvalue weighted by molar-refractivity contribution is -0.142. The largest absolute Gasteiger partial charge is 0.508 e. The van der Waals surface area contributed by atoms with E-state index >= 15 is 0 Å². The van der Waals surface area contributed by atoms with Gasteiger partial charge in [-0.05, 0) is 302 Å². The highest BCUT2D eigenvalue weighted by Crippen LogP contribution is 2.56. The van der Waals surface area contributed by atoms with Crippen LogP contribution in [-0.2, 0) is 64.7 Å². The Hall–Kier alpha value is -15.0. The highest BCUT2D eigenvalue weighted by atomic mass is 16.5. The van der Waals surface area contributed by atoms with Crippen LogP contribution in [-0.4, -0.2) is 64.7 Å². The van der Waals surface area contributed by atoms with Gasteiger partial charge in [-0.15, -0.1) is 0 Å². The third-order valence-corrected chi connectivity index (χ3v) is 28.5. The fourth-order valence-corrected chi connectivity index (χ4v) is 18.1. The molecule has 8 N–H and O–H groups in total. The molecular formula is C133H154O14. The van der Waals surface area contributed by atoms with E-state index < -0.39 is 40.1 Å². The molecular weight excluding hydrogens is 1820 g/mol. The molecule has 2 heterocycles. The Morgan fingerprint density at radius 2 is 0.687 bits per heavy atom. The number of fused-ring (bicyclic) bond motifs is 2. The lowest BCUT2D eigenvalue weighted by Crippen LogP contribution is -2.43. The molecule has 0 aromatic heterocycles. The minimum absolute atomic E-state index is 0.0399. The van der Waals surface area contributed by atoms with Crippen LogP contribution in [0.4, 0.5) is 0 Å². The number of aliphatic carboxylic acids is 4. The molecule has 0 bridgehead atoms. The molecule has 0 amide bonds. The van der Waals surface area contributed by atoms with Crippen molar-refractivity contribution >= 4 is 23.9 Å². The second kappa shape index (κ2) is 54.8. The van der Waals surface area contributed by atoms with Crippen LogP contribution in [0.5, 0.6) is 34.5 Å². The van der Waals surface area contributed by atoms with Crippen LogP contribution >= 0.6 is 0 Å².